The number of fused-ring (bicyclic) bond motifs is 1. The van der Waals surface area contributed by atoms with Gasteiger partial charge >= 0.3 is 6.03 Å². The van der Waals surface area contributed by atoms with E-state index in [2.05, 4.69) is 5.32 Å². The number of amides is 2. The molecule has 5 heteroatoms. The van der Waals surface area contributed by atoms with E-state index in [1.807, 2.05) is 26.0 Å². The summed E-state index contributed by atoms with van der Waals surface area (Å²) >= 11 is 0. The summed E-state index contributed by atoms with van der Waals surface area (Å²) in [6.45, 7) is 6.62. The van der Waals surface area contributed by atoms with Gasteiger partial charge in [-0.2, -0.15) is 0 Å². The predicted octanol–water partition coefficient (Wildman–Crippen LogP) is 1.85. The molecule has 3 rings (SSSR count). The highest BCUT2D eigenvalue weighted by molar-refractivity contribution is 5.77. The molecule has 2 heterocycles. The van der Waals surface area contributed by atoms with Crippen molar-refractivity contribution in [3.05, 3.63) is 23.3 Å². The Bertz CT molecular complexity index is 516. The third-order valence-corrected chi connectivity index (χ3v) is 3.68. The van der Waals surface area contributed by atoms with Gasteiger partial charge in [0.15, 0.2) is 11.5 Å². The third kappa shape index (κ3) is 2.09. The van der Waals surface area contributed by atoms with Crippen molar-refractivity contribution in [3.8, 4) is 11.5 Å². The molecule has 2 amide bonds. The molecule has 1 unspecified atom stereocenters. The van der Waals surface area contributed by atoms with Crippen LogP contribution in [0, 0.1) is 6.92 Å². The summed E-state index contributed by atoms with van der Waals surface area (Å²) in [5.41, 5.74) is 2.22. The minimum atomic E-state index is 0.00166. The number of urea groups is 1. The van der Waals surface area contributed by atoms with Crippen molar-refractivity contribution >= 4 is 6.03 Å². The molecular formula is C14H18N2O3. The first-order valence-corrected chi connectivity index (χ1v) is 6.64. The molecule has 0 saturated carbocycles. The topological polar surface area (TPSA) is 50.8 Å². The quantitative estimate of drug-likeness (QED) is 0.885. The summed E-state index contributed by atoms with van der Waals surface area (Å²) in [6, 6.07) is 4.02. The maximum atomic E-state index is 11.7. The van der Waals surface area contributed by atoms with Crippen LogP contribution in [-0.4, -0.2) is 37.2 Å². The molecule has 0 bridgehead atoms. The van der Waals surface area contributed by atoms with E-state index >= 15 is 0 Å². The zero-order chi connectivity index (χ0) is 13.4. The van der Waals surface area contributed by atoms with Gasteiger partial charge in [-0.05, 0) is 37.1 Å². The van der Waals surface area contributed by atoms with Gasteiger partial charge in [-0.25, -0.2) is 4.79 Å². The lowest BCUT2D eigenvalue weighted by Gasteiger charge is -2.22. The smallest absolute Gasteiger partial charge is 0.318 e. The standard InChI is InChI=1S/C14H18N2O3/c1-3-16-8-11(15-14(16)17)10-7-13-12(6-9(10)2)18-4-5-19-13/h6-7,11H,3-5,8H2,1-2H3,(H,15,17). The van der Waals surface area contributed by atoms with E-state index < -0.39 is 0 Å². The van der Waals surface area contributed by atoms with Crippen LogP contribution in [0.5, 0.6) is 11.5 Å². The van der Waals surface area contributed by atoms with Crippen molar-refractivity contribution in [2.75, 3.05) is 26.3 Å². The van der Waals surface area contributed by atoms with Crippen LogP contribution in [0.4, 0.5) is 4.79 Å². The van der Waals surface area contributed by atoms with E-state index in [9.17, 15) is 4.79 Å². The number of rotatable bonds is 2. The van der Waals surface area contributed by atoms with Crippen LogP contribution in [0.15, 0.2) is 12.1 Å². The number of ether oxygens (including phenoxy) is 2. The Kier molecular flexibility index (Phi) is 2.97. The first-order valence-electron chi connectivity index (χ1n) is 6.64. The van der Waals surface area contributed by atoms with Crippen molar-refractivity contribution < 1.29 is 14.3 Å². The minimum Gasteiger partial charge on any atom is -0.486 e. The lowest BCUT2D eigenvalue weighted by atomic mass is 10.0. The maximum Gasteiger partial charge on any atom is 0.318 e. The number of carbonyl (C=O) groups is 1. The Morgan fingerprint density at radius 2 is 2.00 bits per heavy atom. The summed E-state index contributed by atoms with van der Waals surface area (Å²) < 4.78 is 11.2. The SMILES string of the molecule is CCN1CC(c2cc3c(cc2C)OCCO3)NC1=O. The van der Waals surface area contributed by atoms with Crippen molar-refractivity contribution in [2.45, 2.75) is 19.9 Å². The molecule has 2 aliphatic rings. The van der Waals surface area contributed by atoms with E-state index in [4.69, 9.17) is 9.47 Å². The fourth-order valence-corrected chi connectivity index (χ4v) is 2.62. The molecule has 0 radical (unpaired) electrons. The Morgan fingerprint density at radius 1 is 1.32 bits per heavy atom. The lowest BCUT2D eigenvalue weighted by Crippen LogP contribution is -2.27. The van der Waals surface area contributed by atoms with Crippen LogP contribution >= 0.6 is 0 Å². The molecule has 2 aliphatic heterocycles. The maximum absolute atomic E-state index is 11.7. The van der Waals surface area contributed by atoms with E-state index in [1.54, 1.807) is 4.90 Å². The van der Waals surface area contributed by atoms with Crippen LogP contribution in [0.1, 0.15) is 24.1 Å². The van der Waals surface area contributed by atoms with Crippen LogP contribution in [0.3, 0.4) is 0 Å². The third-order valence-electron chi connectivity index (χ3n) is 3.68. The van der Waals surface area contributed by atoms with Gasteiger partial charge in [-0.1, -0.05) is 0 Å². The van der Waals surface area contributed by atoms with E-state index in [1.165, 1.54) is 0 Å². The molecule has 102 valence electrons. The Labute approximate surface area is 112 Å². The zero-order valence-electron chi connectivity index (χ0n) is 11.2. The summed E-state index contributed by atoms with van der Waals surface area (Å²) in [6.07, 6.45) is 0. The van der Waals surface area contributed by atoms with Crippen molar-refractivity contribution in [3.63, 3.8) is 0 Å². The number of likely N-dealkylation sites (N-methyl/N-ethyl adjacent to an activating group) is 1. The molecule has 1 aromatic carbocycles. The summed E-state index contributed by atoms with van der Waals surface area (Å²) in [4.78, 5) is 13.6. The largest absolute Gasteiger partial charge is 0.486 e. The summed E-state index contributed by atoms with van der Waals surface area (Å²) in [7, 11) is 0. The molecule has 1 atom stereocenters. The summed E-state index contributed by atoms with van der Waals surface area (Å²) in [5.74, 6) is 1.57. The number of nitrogens with zero attached hydrogens (tertiary/aromatic N) is 1. The first kappa shape index (κ1) is 12.1. The fourth-order valence-electron chi connectivity index (χ4n) is 2.62. The van der Waals surface area contributed by atoms with Crippen LogP contribution in [0.2, 0.25) is 0 Å². The normalized spacial score (nSPS) is 21.5. The molecule has 19 heavy (non-hydrogen) atoms. The molecule has 5 nitrogen and oxygen atoms in total. The van der Waals surface area contributed by atoms with E-state index in [0.717, 1.165) is 29.2 Å². The van der Waals surface area contributed by atoms with Gasteiger partial charge in [0, 0.05) is 13.1 Å². The monoisotopic (exact) mass is 262 g/mol. The average molecular weight is 262 g/mol. The van der Waals surface area contributed by atoms with Gasteiger partial charge in [0.05, 0.1) is 6.04 Å². The number of nitrogens with one attached hydrogen (secondary N) is 1. The Balaban J connectivity index is 1.91. The number of hydrogen-bond acceptors (Lipinski definition) is 3. The van der Waals surface area contributed by atoms with Gasteiger partial charge in [-0.3, -0.25) is 0 Å². The van der Waals surface area contributed by atoms with Crippen LogP contribution in [0.25, 0.3) is 0 Å². The molecule has 0 aromatic heterocycles. The Morgan fingerprint density at radius 3 is 2.63 bits per heavy atom. The van der Waals surface area contributed by atoms with Gasteiger partial charge in [-0.15, -0.1) is 0 Å². The van der Waals surface area contributed by atoms with Crippen LogP contribution in [-0.2, 0) is 0 Å². The number of benzene rings is 1. The second-order valence-electron chi connectivity index (χ2n) is 4.89. The molecule has 0 spiro atoms. The molecule has 1 aromatic rings. The second-order valence-corrected chi connectivity index (χ2v) is 4.89. The van der Waals surface area contributed by atoms with Gasteiger partial charge < -0.3 is 19.7 Å². The molecular weight excluding hydrogens is 244 g/mol. The second kappa shape index (κ2) is 4.64. The van der Waals surface area contributed by atoms with Gasteiger partial charge in [0.2, 0.25) is 0 Å². The first-order chi connectivity index (χ1) is 9.19. The number of carbonyl (C=O) groups excluding carboxylic acids is 1. The zero-order valence-corrected chi connectivity index (χ0v) is 11.2. The predicted molar refractivity (Wildman–Crippen MR) is 70.7 cm³/mol. The minimum absolute atomic E-state index is 0.00166. The number of hydrogen-bond donors (Lipinski definition) is 1. The molecule has 1 N–H and O–H groups in total. The van der Waals surface area contributed by atoms with Crippen LogP contribution < -0.4 is 14.8 Å². The number of aryl methyl sites for hydroxylation is 1. The highest BCUT2D eigenvalue weighted by Gasteiger charge is 2.30. The average Bonchev–Trinajstić information content (AvgIpc) is 2.79. The van der Waals surface area contributed by atoms with E-state index in [-0.39, 0.29) is 12.1 Å². The van der Waals surface area contributed by atoms with Crippen molar-refractivity contribution in [1.82, 2.24) is 10.2 Å². The highest BCUT2D eigenvalue weighted by atomic mass is 16.6. The van der Waals surface area contributed by atoms with Crippen molar-refractivity contribution in [2.24, 2.45) is 0 Å². The lowest BCUT2D eigenvalue weighted by molar-refractivity contribution is 0.171. The fraction of sp³-hybridized carbons (Fsp3) is 0.500. The Hall–Kier alpha value is -1.91. The van der Waals surface area contributed by atoms with Gasteiger partial charge in [0.25, 0.3) is 0 Å². The van der Waals surface area contributed by atoms with Gasteiger partial charge in [0.1, 0.15) is 13.2 Å². The molecule has 1 saturated heterocycles. The van der Waals surface area contributed by atoms with Crippen molar-refractivity contribution in [1.29, 1.82) is 0 Å². The molecule has 1 fully saturated rings. The summed E-state index contributed by atoms with van der Waals surface area (Å²) in [5, 5.41) is 3.01. The molecule has 0 aliphatic carbocycles. The highest BCUT2D eigenvalue weighted by Crippen LogP contribution is 2.36. The van der Waals surface area contributed by atoms with E-state index in [0.29, 0.717) is 19.8 Å².